The van der Waals surface area contributed by atoms with Gasteiger partial charge in [-0.15, -0.1) is 11.3 Å². The summed E-state index contributed by atoms with van der Waals surface area (Å²) in [6.07, 6.45) is 11.8. The number of ether oxygens (including phenoxy) is 8. The minimum atomic E-state index is -1.19. The van der Waals surface area contributed by atoms with Crippen molar-refractivity contribution < 1.29 is 86.2 Å². The van der Waals surface area contributed by atoms with Crippen molar-refractivity contribution in [3.8, 4) is 11.5 Å². The highest BCUT2D eigenvalue weighted by molar-refractivity contribution is 7.18. The van der Waals surface area contributed by atoms with E-state index < -0.39 is 55.3 Å². The Balaban J connectivity index is 0.000000204. The maximum atomic E-state index is 14.3. The first-order valence-corrected chi connectivity index (χ1v) is 39.2. The lowest BCUT2D eigenvalue weighted by Gasteiger charge is -2.42. The summed E-state index contributed by atoms with van der Waals surface area (Å²) in [5.74, 6) is -1.24. The lowest BCUT2D eigenvalue weighted by Crippen LogP contribution is -2.57. The number of amides is 6. The second-order valence-electron chi connectivity index (χ2n) is 29.0. The monoisotopic (exact) mass is 1580 g/mol. The standard InChI is InChI=1S/C47H50N6O9S.C37H43N5O9/c1-5-18-60-47(58)53-36-24-38(28(2)20-33(36)45(57)52-17-8-6-13-35(52)46(53)62-43-14-7-9-19-59-43)61-27-31-12-10-11-30(21-31)22-41(56)49-40-26-51(4)44(50-40)37(55)25-42-48-34-23-32(29(3)54)15-16-39(34)63-42;1-4-15-49-37(47)42-28-20-29(50-22-25-11-9-10-24(18-25)19-31(43)38-30-21-40(3)33(39-30)36(45)46)23(2)17-26(28)34(44)41-14-7-5-12-27(41)35(42)51-32-13-6-8-16-48-32/h5,10-12,15-16,20-21,23-24,26,35,43,46H,1,6-9,13-14,17-19,22,25,27H2,2-4H3,(H,49,56);4,9-11,17-18,20-21,27,32,35H,1,5-8,12-16,19,22H2,2-3H3,(H,38,43)(H,45,46)/t35-,43?,46?;27-,32?,35?/m00/s1. The smallest absolute Gasteiger partial charge is 0.416 e. The van der Waals surface area contributed by atoms with Gasteiger partial charge in [0.2, 0.25) is 23.4 Å². The molecule has 0 radical (unpaired) electrons. The number of carboxylic acids is 1. The number of thiazole rings is 1. The fraction of sp³-hybridized carbons (Fsp3) is 0.405. The minimum absolute atomic E-state index is 0.0194. The van der Waals surface area contributed by atoms with Gasteiger partial charge in [-0.25, -0.2) is 39.1 Å². The predicted octanol–water partition coefficient (Wildman–Crippen LogP) is 12.9. The third-order valence-corrected chi connectivity index (χ3v) is 21.7. The number of hydrogen-bond donors (Lipinski definition) is 3. The molecule has 0 saturated carbocycles. The molecule has 30 heteroatoms. The first-order chi connectivity index (χ1) is 55.1. The highest BCUT2D eigenvalue weighted by Crippen LogP contribution is 2.43. The summed E-state index contributed by atoms with van der Waals surface area (Å²) in [4.78, 5) is 138. The van der Waals surface area contributed by atoms with Gasteiger partial charge in [0.15, 0.2) is 48.3 Å². The number of nitrogens with one attached hydrogen (secondary N) is 2. The average Bonchev–Trinajstić information content (AvgIpc) is 1.60. The summed E-state index contributed by atoms with van der Waals surface area (Å²) in [6, 6.07) is 26.2. The molecule has 0 spiro atoms. The summed E-state index contributed by atoms with van der Waals surface area (Å²) in [7, 11) is 3.23. The van der Waals surface area contributed by atoms with Crippen LogP contribution in [0.5, 0.6) is 11.5 Å². The fourth-order valence-corrected chi connectivity index (χ4v) is 16.1. The number of hydrogen-bond acceptors (Lipinski definition) is 21. The van der Waals surface area contributed by atoms with Gasteiger partial charge in [0.1, 0.15) is 42.9 Å². The van der Waals surface area contributed by atoms with Crippen LogP contribution in [0.4, 0.5) is 32.6 Å². The predicted molar refractivity (Wildman–Crippen MR) is 422 cm³/mol. The van der Waals surface area contributed by atoms with E-state index >= 15 is 0 Å². The van der Waals surface area contributed by atoms with Gasteiger partial charge < -0.3 is 72.6 Å². The number of rotatable bonds is 25. The maximum absolute atomic E-state index is 14.3. The number of piperidine rings is 2. The van der Waals surface area contributed by atoms with E-state index in [1.54, 1.807) is 60.3 Å². The SMILES string of the molecule is C=CCOC(=O)N1c2cc(OCc3cccc(CC(=O)Nc4cn(C)c(C(=O)Cc5nc6cc(C(C)=O)ccc6s5)n4)c3)c(C)cc2C(=O)N2CCCC[C@H]2C1OC1CCCCO1.C=CCOC(=O)N1c2cc(OCc3cccc(CC(=O)Nc4cn(C)c(C(=O)O)n4)c3)c(C)cc2C(=O)N2CCCC[C@H]2C1OC1CCCCO1. The Morgan fingerprint density at radius 1 is 0.579 bits per heavy atom. The van der Waals surface area contributed by atoms with Crippen LogP contribution in [-0.2, 0) is 84.6 Å². The number of ketones is 2. The molecule has 14 rings (SSSR count). The quantitative estimate of drug-likeness (QED) is 0.0353. The van der Waals surface area contributed by atoms with Crippen LogP contribution in [0.1, 0.15) is 175 Å². The average molecular weight is 1580 g/mol. The second kappa shape index (κ2) is 36.6. The molecule has 4 saturated heterocycles. The molecule has 6 atom stereocenters. The van der Waals surface area contributed by atoms with Crippen molar-refractivity contribution in [2.24, 2.45) is 14.1 Å². The number of nitrogens with zero attached hydrogens (tertiary/aromatic N) is 9. The largest absolute Gasteiger partial charge is 0.489 e. The molecular weight excluding hydrogens is 1480 g/mol. The van der Waals surface area contributed by atoms with Gasteiger partial charge in [-0.05, 0) is 162 Å². The number of carboxylic acid groups (broad SMARTS) is 1. The van der Waals surface area contributed by atoms with Gasteiger partial charge in [-0.1, -0.05) is 73.8 Å². The van der Waals surface area contributed by atoms with Gasteiger partial charge in [-0.3, -0.25) is 28.8 Å². The molecule has 6 aliphatic heterocycles. The van der Waals surface area contributed by atoms with Crippen molar-refractivity contribution >= 4 is 97.9 Å². The molecule has 3 aromatic heterocycles. The number of anilines is 4. The number of fused-ring (bicyclic) bond motifs is 5. The molecule has 9 heterocycles. The molecule has 4 fully saturated rings. The van der Waals surface area contributed by atoms with Crippen molar-refractivity contribution in [3.05, 3.63) is 195 Å². The number of benzene rings is 5. The van der Waals surface area contributed by atoms with E-state index in [4.69, 9.17) is 37.9 Å². The summed E-state index contributed by atoms with van der Waals surface area (Å²) < 4.78 is 52.8. The van der Waals surface area contributed by atoms with E-state index in [1.807, 2.05) is 72.2 Å². The highest BCUT2D eigenvalue weighted by atomic mass is 32.1. The third kappa shape index (κ3) is 18.9. The Morgan fingerprint density at radius 3 is 1.51 bits per heavy atom. The molecule has 6 aliphatic rings. The molecule has 8 aromatic rings. The molecule has 598 valence electrons. The van der Waals surface area contributed by atoms with Crippen LogP contribution in [0.15, 0.2) is 129 Å². The Hall–Kier alpha value is -11.4. The molecule has 0 aliphatic carbocycles. The first kappa shape index (κ1) is 80.6. The van der Waals surface area contributed by atoms with E-state index in [1.165, 1.54) is 58.0 Å². The minimum Gasteiger partial charge on any atom is -0.489 e. The van der Waals surface area contributed by atoms with E-state index in [0.29, 0.717) is 119 Å². The Morgan fingerprint density at radius 2 is 1.05 bits per heavy atom. The first-order valence-electron chi connectivity index (χ1n) is 38.4. The summed E-state index contributed by atoms with van der Waals surface area (Å²) in [6.45, 7) is 15.0. The van der Waals surface area contributed by atoms with Gasteiger partial charge in [-0.2, -0.15) is 0 Å². The molecule has 29 nitrogen and oxygen atoms in total. The number of imidazole rings is 2. The number of aryl methyl sites for hydroxylation is 4. The Bertz CT molecular complexity index is 4980. The van der Waals surface area contributed by atoms with Crippen LogP contribution in [0.25, 0.3) is 10.2 Å². The van der Waals surface area contributed by atoms with Crippen molar-refractivity contribution in [1.29, 1.82) is 0 Å². The number of aromatic carboxylic acids is 1. The molecular formula is C84H93N11O18S. The fourth-order valence-electron chi connectivity index (χ4n) is 15.1. The number of aromatic nitrogens is 5. The Labute approximate surface area is 663 Å². The van der Waals surface area contributed by atoms with Gasteiger partial charge in [0.25, 0.3) is 11.8 Å². The Kier molecular flexibility index (Phi) is 25.9. The van der Waals surface area contributed by atoms with Crippen molar-refractivity contribution in [2.45, 2.75) is 167 Å². The maximum Gasteiger partial charge on any atom is 0.416 e. The van der Waals surface area contributed by atoms with Crippen LogP contribution in [-0.4, -0.2) is 169 Å². The summed E-state index contributed by atoms with van der Waals surface area (Å²) in [5, 5.41) is 15.3. The van der Waals surface area contributed by atoms with Gasteiger partial charge in [0, 0.05) is 70.5 Å². The van der Waals surface area contributed by atoms with E-state index in [9.17, 15) is 48.3 Å². The zero-order valence-electron chi connectivity index (χ0n) is 64.4. The topological polar surface area (TPSA) is 333 Å². The van der Waals surface area contributed by atoms with E-state index in [-0.39, 0.29) is 104 Å². The normalized spacial score (nSPS) is 19.3. The summed E-state index contributed by atoms with van der Waals surface area (Å²) in [5.41, 5.74) is 7.02. The van der Waals surface area contributed by atoms with Gasteiger partial charge in [0.05, 0.1) is 64.1 Å². The number of carbonyl (C=O) groups excluding carboxylic acids is 8. The highest BCUT2D eigenvalue weighted by Gasteiger charge is 2.49. The number of Topliss-reactive ketones (excluding diaryl/α,β-unsaturated/α-hetero) is 2. The van der Waals surface area contributed by atoms with Gasteiger partial charge >= 0.3 is 18.2 Å². The molecule has 6 amide bonds. The van der Waals surface area contributed by atoms with Crippen molar-refractivity contribution in [2.75, 3.05) is 60.0 Å². The van der Waals surface area contributed by atoms with Crippen LogP contribution >= 0.6 is 11.3 Å². The van der Waals surface area contributed by atoms with Crippen molar-refractivity contribution in [1.82, 2.24) is 33.9 Å². The zero-order chi connectivity index (χ0) is 80.3. The number of carbonyl (C=O) groups is 9. The third-order valence-electron chi connectivity index (χ3n) is 20.6. The van der Waals surface area contributed by atoms with Crippen LogP contribution < -0.4 is 29.9 Å². The van der Waals surface area contributed by atoms with Crippen LogP contribution in [0, 0.1) is 13.8 Å². The lowest BCUT2D eigenvalue weighted by atomic mass is 10.00. The van der Waals surface area contributed by atoms with E-state index in [2.05, 4.69) is 38.7 Å². The molecule has 0 bridgehead atoms. The molecule has 4 unspecified atom stereocenters. The molecule has 5 aromatic carbocycles. The zero-order valence-corrected chi connectivity index (χ0v) is 65.2. The summed E-state index contributed by atoms with van der Waals surface area (Å²) >= 11 is 1.38. The van der Waals surface area contributed by atoms with Crippen LogP contribution in [0.3, 0.4) is 0 Å². The second-order valence-corrected chi connectivity index (χ2v) is 30.2. The van der Waals surface area contributed by atoms with Crippen molar-refractivity contribution in [3.63, 3.8) is 0 Å². The van der Waals surface area contributed by atoms with E-state index in [0.717, 1.165) is 72.8 Å². The lowest BCUT2D eigenvalue weighted by molar-refractivity contribution is -0.199. The molecule has 3 N–H and O–H groups in total. The molecule has 114 heavy (non-hydrogen) atoms. The van der Waals surface area contributed by atoms with Crippen LogP contribution in [0.2, 0.25) is 0 Å².